The van der Waals surface area contributed by atoms with Crippen LogP contribution in [-0.2, 0) is 0 Å². The highest BCUT2D eigenvalue weighted by atomic mass is 16.3. The Kier molecular flexibility index (Phi) is 8.05. The predicted octanol–water partition coefficient (Wildman–Crippen LogP) is -1.29. The lowest BCUT2D eigenvalue weighted by atomic mass is 10.1. The van der Waals surface area contributed by atoms with Gasteiger partial charge in [0.25, 0.3) is 5.91 Å². The molecule has 11 heteroatoms. The van der Waals surface area contributed by atoms with Crippen LogP contribution in [0.15, 0.2) is 21.7 Å². The maximum absolute atomic E-state index is 13.0. The van der Waals surface area contributed by atoms with Crippen molar-refractivity contribution >= 4 is 34.2 Å². The SMILES string of the molecule is Cc1c(O)/c(=C\NCC(O)CN(C)C)c2nc3c(=O)ccc(C(=O)NCCN(C)C)c3[nH]c2c1=O. The monoisotopic (exact) mass is 484 g/mol. The molecular formula is C24H32N6O5. The fourth-order valence-corrected chi connectivity index (χ4v) is 3.73. The van der Waals surface area contributed by atoms with Gasteiger partial charge >= 0.3 is 0 Å². The number of amides is 1. The molecule has 188 valence electrons. The zero-order valence-corrected chi connectivity index (χ0v) is 20.6. The van der Waals surface area contributed by atoms with Crippen LogP contribution in [0.25, 0.3) is 28.3 Å². The van der Waals surface area contributed by atoms with Crippen molar-refractivity contribution in [2.75, 3.05) is 54.4 Å². The van der Waals surface area contributed by atoms with Crippen LogP contribution in [0.5, 0.6) is 5.75 Å². The normalized spacial score (nSPS) is 13.2. The first-order chi connectivity index (χ1) is 16.5. The second-order valence-corrected chi connectivity index (χ2v) is 9.04. The standard InChI is InChI=1S/C24H32N6O5/c1-13-22(33)16(11-25-10-14(31)12-30(4)5)19-21(23(13)34)28-18-15(6-7-17(32)20(18)27-19)24(35)26-8-9-29(2)3/h6-7,11,14,25,28,31,33H,8-10,12H2,1-5H3,(H,26,35)/b16-11-. The first-order valence-electron chi connectivity index (χ1n) is 11.2. The fraction of sp³-hybridized carbons (Fsp3) is 0.417. The molecule has 0 fully saturated rings. The number of carbonyl (C=O) groups excluding carboxylic acids is 1. The van der Waals surface area contributed by atoms with Crippen LogP contribution in [0.1, 0.15) is 15.9 Å². The molecule has 0 saturated carbocycles. The molecule has 3 aromatic rings. The van der Waals surface area contributed by atoms with Crippen LogP contribution < -0.4 is 26.7 Å². The zero-order chi connectivity index (χ0) is 25.9. The molecule has 0 saturated heterocycles. The number of aromatic nitrogens is 2. The number of aromatic amines is 1. The Bertz CT molecular complexity index is 1420. The summed E-state index contributed by atoms with van der Waals surface area (Å²) >= 11 is 0. The van der Waals surface area contributed by atoms with Crippen molar-refractivity contribution in [1.29, 1.82) is 0 Å². The minimum atomic E-state index is -0.670. The van der Waals surface area contributed by atoms with E-state index in [2.05, 4.69) is 20.6 Å². The molecule has 0 bridgehead atoms. The van der Waals surface area contributed by atoms with Gasteiger partial charge < -0.3 is 35.6 Å². The summed E-state index contributed by atoms with van der Waals surface area (Å²) in [5.74, 6) is -0.678. The number of hydrogen-bond acceptors (Lipinski definition) is 9. The van der Waals surface area contributed by atoms with Crippen molar-refractivity contribution < 1.29 is 15.0 Å². The van der Waals surface area contributed by atoms with Crippen molar-refractivity contribution in [3.05, 3.63) is 48.9 Å². The smallest absolute Gasteiger partial charge is 0.253 e. The summed E-state index contributed by atoms with van der Waals surface area (Å²) in [6.45, 7) is 3.14. The van der Waals surface area contributed by atoms with Crippen molar-refractivity contribution in [1.82, 2.24) is 30.4 Å². The van der Waals surface area contributed by atoms with Gasteiger partial charge in [-0.1, -0.05) is 0 Å². The number of rotatable bonds is 9. The highest BCUT2D eigenvalue weighted by Gasteiger charge is 2.18. The summed E-state index contributed by atoms with van der Waals surface area (Å²) in [5.41, 5.74) is -0.383. The Morgan fingerprint density at radius 1 is 1.14 bits per heavy atom. The van der Waals surface area contributed by atoms with E-state index in [4.69, 9.17) is 0 Å². The molecule has 0 aliphatic heterocycles. The van der Waals surface area contributed by atoms with Crippen molar-refractivity contribution in [3.63, 3.8) is 0 Å². The summed E-state index contributed by atoms with van der Waals surface area (Å²) in [6, 6.07) is 2.65. The van der Waals surface area contributed by atoms with Crippen molar-refractivity contribution in [2.45, 2.75) is 13.0 Å². The Labute approximate surface area is 202 Å². The predicted molar refractivity (Wildman–Crippen MR) is 136 cm³/mol. The van der Waals surface area contributed by atoms with Crippen LogP contribution >= 0.6 is 0 Å². The lowest BCUT2D eigenvalue weighted by Gasteiger charge is -2.15. The van der Waals surface area contributed by atoms with E-state index in [1.54, 1.807) is 0 Å². The van der Waals surface area contributed by atoms with Gasteiger partial charge in [0.1, 0.15) is 22.3 Å². The van der Waals surface area contributed by atoms with Crippen LogP contribution in [0.2, 0.25) is 0 Å². The molecule has 1 amide bonds. The minimum Gasteiger partial charge on any atom is -0.507 e. The van der Waals surface area contributed by atoms with Crippen LogP contribution in [0, 0.1) is 6.92 Å². The average Bonchev–Trinajstić information content (AvgIpc) is 2.78. The lowest BCUT2D eigenvalue weighted by molar-refractivity contribution is 0.0952. The topological polar surface area (TPSA) is 151 Å². The first-order valence-corrected chi connectivity index (χ1v) is 11.2. The van der Waals surface area contributed by atoms with Gasteiger partial charge in [0, 0.05) is 37.9 Å². The van der Waals surface area contributed by atoms with Crippen LogP contribution in [0.4, 0.5) is 0 Å². The van der Waals surface area contributed by atoms with Crippen molar-refractivity contribution in [2.24, 2.45) is 0 Å². The summed E-state index contributed by atoms with van der Waals surface area (Å²) in [7, 11) is 7.45. The minimum absolute atomic E-state index is 0.0253. The third-order valence-corrected chi connectivity index (χ3v) is 5.55. The number of phenolic OH excluding ortho intramolecular Hbond substituents is 1. The highest BCUT2D eigenvalue weighted by Crippen LogP contribution is 2.17. The number of hydrogen-bond donors (Lipinski definition) is 5. The Hall–Kier alpha value is -3.54. The number of aliphatic hydroxyl groups excluding tert-OH is 1. The molecule has 5 N–H and O–H groups in total. The average molecular weight is 485 g/mol. The Morgan fingerprint density at radius 2 is 1.86 bits per heavy atom. The van der Waals surface area contributed by atoms with E-state index in [1.807, 2.05) is 38.0 Å². The van der Waals surface area contributed by atoms with Gasteiger partial charge in [0.15, 0.2) is 0 Å². The van der Waals surface area contributed by atoms with E-state index in [0.29, 0.717) is 19.6 Å². The largest absolute Gasteiger partial charge is 0.507 e. The lowest BCUT2D eigenvalue weighted by Crippen LogP contribution is -2.34. The number of carbonyl (C=O) groups is 1. The van der Waals surface area contributed by atoms with E-state index < -0.39 is 22.9 Å². The summed E-state index contributed by atoms with van der Waals surface area (Å²) in [4.78, 5) is 49.5. The Morgan fingerprint density at radius 3 is 2.51 bits per heavy atom. The zero-order valence-electron chi connectivity index (χ0n) is 20.6. The number of likely N-dealkylation sites (N-methyl/N-ethyl adjacent to an activating group) is 2. The number of aliphatic hydroxyl groups is 1. The molecule has 1 unspecified atom stereocenters. The molecule has 11 nitrogen and oxygen atoms in total. The van der Waals surface area contributed by atoms with E-state index in [1.165, 1.54) is 25.3 Å². The van der Waals surface area contributed by atoms with Crippen LogP contribution in [-0.4, -0.2) is 96.4 Å². The fourth-order valence-electron chi connectivity index (χ4n) is 3.73. The van der Waals surface area contributed by atoms with Gasteiger partial charge in [0.2, 0.25) is 10.9 Å². The molecule has 1 heterocycles. The van der Waals surface area contributed by atoms with Gasteiger partial charge in [-0.2, -0.15) is 0 Å². The second kappa shape index (κ2) is 10.8. The molecule has 0 aliphatic carbocycles. The molecule has 0 radical (unpaired) electrons. The van der Waals surface area contributed by atoms with Gasteiger partial charge in [-0.05, 0) is 47.2 Å². The number of fused-ring (bicyclic) bond motifs is 2. The highest BCUT2D eigenvalue weighted by molar-refractivity contribution is 6.06. The van der Waals surface area contributed by atoms with Gasteiger partial charge in [-0.15, -0.1) is 0 Å². The van der Waals surface area contributed by atoms with E-state index in [0.717, 1.165) is 0 Å². The molecule has 35 heavy (non-hydrogen) atoms. The third kappa shape index (κ3) is 5.76. The molecule has 3 rings (SSSR count). The number of benzene rings is 2. The van der Waals surface area contributed by atoms with Gasteiger partial charge in [-0.3, -0.25) is 14.4 Å². The Balaban J connectivity index is 2.15. The van der Waals surface area contributed by atoms with Gasteiger partial charge in [-0.25, -0.2) is 4.98 Å². The second-order valence-electron chi connectivity index (χ2n) is 9.04. The molecule has 0 aliphatic rings. The third-order valence-electron chi connectivity index (χ3n) is 5.55. The van der Waals surface area contributed by atoms with Crippen molar-refractivity contribution in [3.8, 4) is 5.75 Å². The van der Waals surface area contributed by atoms with Gasteiger partial charge in [0.05, 0.1) is 22.4 Å². The number of H-pyrrole nitrogens is 1. The molecule has 1 aromatic heterocycles. The summed E-state index contributed by atoms with van der Waals surface area (Å²) in [5, 5.41) is 26.7. The maximum Gasteiger partial charge on any atom is 0.253 e. The molecule has 1 atom stereocenters. The van der Waals surface area contributed by atoms with E-state index in [-0.39, 0.29) is 50.7 Å². The quantitative estimate of drug-likeness (QED) is 0.234. The first kappa shape index (κ1) is 26.1. The molecule has 0 spiro atoms. The van der Waals surface area contributed by atoms with E-state index in [9.17, 15) is 24.6 Å². The summed E-state index contributed by atoms with van der Waals surface area (Å²) in [6.07, 6.45) is 0.787. The number of nitrogens with one attached hydrogen (secondary N) is 3. The van der Waals surface area contributed by atoms with Crippen LogP contribution in [0.3, 0.4) is 0 Å². The summed E-state index contributed by atoms with van der Waals surface area (Å²) < 4.78 is 0. The van der Waals surface area contributed by atoms with E-state index >= 15 is 0 Å². The number of aromatic hydroxyl groups is 1. The number of phenols is 1. The molecule has 2 aromatic carbocycles. The molecular weight excluding hydrogens is 452 g/mol. The number of nitrogens with zero attached hydrogens (tertiary/aromatic N) is 3. The maximum atomic E-state index is 13.0.